The maximum atomic E-state index is 14.7. The lowest BCUT2D eigenvalue weighted by Crippen LogP contribution is -2.22. The number of hydrogen-bond acceptors (Lipinski definition) is 3. The molecule has 0 unspecified atom stereocenters. The van der Waals surface area contributed by atoms with Gasteiger partial charge in [-0.15, -0.1) is 0 Å². The van der Waals surface area contributed by atoms with Gasteiger partial charge < -0.3 is 5.48 Å². The monoisotopic (exact) mass is 393 g/mol. The zero-order valence-electron chi connectivity index (χ0n) is 15.4. The second kappa shape index (κ2) is 8.12. The molecule has 0 saturated heterocycles. The SMILES string of the molecule is C/N=C\c1ccc(F)c(-c2nn(-c3ccc(F)cc3)c(=O)c3ccccc23)c1.O. The van der Waals surface area contributed by atoms with Crippen LogP contribution in [0.15, 0.2) is 76.5 Å². The maximum absolute atomic E-state index is 14.7. The molecule has 0 spiro atoms. The zero-order chi connectivity index (χ0) is 19.7. The molecule has 29 heavy (non-hydrogen) atoms. The zero-order valence-corrected chi connectivity index (χ0v) is 15.4. The van der Waals surface area contributed by atoms with Crippen LogP contribution in [0.2, 0.25) is 0 Å². The van der Waals surface area contributed by atoms with Crippen molar-refractivity contribution in [1.82, 2.24) is 9.78 Å². The van der Waals surface area contributed by atoms with Crippen LogP contribution in [0, 0.1) is 11.6 Å². The van der Waals surface area contributed by atoms with Crippen molar-refractivity contribution in [2.24, 2.45) is 4.99 Å². The summed E-state index contributed by atoms with van der Waals surface area (Å²) in [6, 6.07) is 16.9. The van der Waals surface area contributed by atoms with E-state index in [0.29, 0.717) is 27.7 Å². The van der Waals surface area contributed by atoms with Crippen LogP contribution in [-0.4, -0.2) is 28.5 Å². The second-order valence-corrected chi connectivity index (χ2v) is 6.21. The van der Waals surface area contributed by atoms with E-state index >= 15 is 0 Å². The summed E-state index contributed by atoms with van der Waals surface area (Å²) in [4.78, 5) is 16.9. The molecule has 0 aliphatic heterocycles. The highest BCUT2D eigenvalue weighted by Gasteiger charge is 2.16. The van der Waals surface area contributed by atoms with Gasteiger partial charge in [-0.2, -0.15) is 9.78 Å². The fraction of sp³-hybridized carbons (Fsp3) is 0.0455. The van der Waals surface area contributed by atoms with Gasteiger partial charge in [-0.1, -0.05) is 24.3 Å². The van der Waals surface area contributed by atoms with Crippen LogP contribution < -0.4 is 5.56 Å². The van der Waals surface area contributed by atoms with E-state index in [9.17, 15) is 13.6 Å². The van der Waals surface area contributed by atoms with Gasteiger partial charge in [-0.25, -0.2) is 8.78 Å². The van der Waals surface area contributed by atoms with E-state index in [-0.39, 0.29) is 16.6 Å². The fourth-order valence-corrected chi connectivity index (χ4v) is 3.10. The quantitative estimate of drug-likeness (QED) is 0.499. The third-order valence-corrected chi connectivity index (χ3v) is 4.40. The number of hydrogen-bond donors (Lipinski definition) is 0. The lowest BCUT2D eigenvalue weighted by Gasteiger charge is -2.12. The summed E-state index contributed by atoms with van der Waals surface area (Å²) in [6.45, 7) is 0. The van der Waals surface area contributed by atoms with Crippen LogP contribution in [-0.2, 0) is 0 Å². The lowest BCUT2D eigenvalue weighted by molar-refractivity contribution is 0.626. The maximum Gasteiger partial charge on any atom is 0.279 e. The Morgan fingerprint density at radius 2 is 1.66 bits per heavy atom. The van der Waals surface area contributed by atoms with Crippen LogP contribution >= 0.6 is 0 Å². The van der Waals surface area contributed by atoms with E-state index in [1.807, 2.05) is 0 Å². The summed E-state index contributed by atoms with van der Waals surface area (Å²) >= 11 is 0. The number of benzene rings is 3. The molecule has 0 aliphatic rings. The summed E-state index contributed by atoms with van der Waals surface area (Å²) in [7, 11) is 1.63. The summed E-state index contributed by atoms with van der Waals surface area (Å²) in [5.74, 6) is -0.884. The minimum absolute atomic E-state index is 0. The minimum atomic E-state index is -0.463. The second-order valence-electron chi connectivity index (χ2n) is 6.21. The summed E-state index contributed by atoms with van der Waals surface area (Å²) in [5, 5.41) is 5.36. The van der Waals surface area contributed by atoms with Crippen molar-refractivity contribution < 1.29 is 14.3 Å². The number of halogens is 2. The molecule has 0 atom stereocenters. The molecule has 1 heterocycles. The largest absolute Gasteiger partial charge is 0.412 e. The molecule has 146 valence electrons. The highest BCUT2D eigenvalue weighted by molar-refractivity contribution is 5.95. The fourth-order valence-electron chi connectivity index (χ4n) is 3.10. The smallest absolute Gasteiger partial charge is 0.279 e. The third kappa shape index (κ3) is 3.68. The van der Waals surface area contributed by atoms with Crippen molar-refractivity contribution in [3.05, 3.63) is 94.3 Å². The molecule has 7 heteroatoms. The van der Waals surface area contributed by atoms with Gasteiger partial charge in [0, 0.05) is 24.2 Å². The molecular weight excluding hydrogens is 376 g/mol. The molecule has 0 aliphatic carbocycles. The van der Waals surface area contributed by atoms with Gasteiger partial charge in [-0.3, -0.25) is 9.79 Å². The molecular formula is C22H17F2N3O2. The van der Waals surface area contributed by atoms with Gasteiger partial charge in [0.1, 0.15) is 17.3 Å². The molecule has 3 aromatic carbocycles. The Balaban J connectivity index is 0.00000240. The van der Waals surface area contributed by atoms with E-state index in [1.54, 1.807) is 49.7 Å². The van der Waals surface area contributed by atoms with E-state index in [2.05, 4.69) is 10.1 Å². The normalized spacial score (nSPS) is 11.0. The average molecular weight is 393 g/mol. The predicted molar refractivity (Wildman–Crippen MR) is 110 cm³/mol. The first kappa shape index (κ1) is 20.0. The molecule has 5 nitrogen and oxygen atoms in total. The van der Waals surface area contributed by atoms with Gasteiger partial charge in [0.15, 0.2) is 0 Å². The average Bonchev–Trinajstić information content (AvgIpc) is 2.71. The Morgan fingerprint density at radius 1 is 0.966 bits per heavy atom. The van der Waals surface area contributed by atoms with Crippen LogP contribution in [0.3, 0.4) is 0 Å². The Morgan fingerprint density at radius 3 is 2.34 bits per heavy atom. The molecule has 2 N–H and O–H groups in total. The van der Waals surface area contributed by atoms with E-state index < -0.39 is 11.6 Å². The molecule has 4 aromatic rings. The van der Waals surface area contributed by atoms with Crippen LogP contribution in [0.5, 0.6) is 0 Å². The number of aliphatic imine (C=N–C) groups is 1. The van der Waals surface area contributed by atoms with Crippen LogP contribution in [0.1, 0.15) is 5.56 Å². The van der Waals surface area contributed by atoms with E-state index in [4.69, 9.17) is 0 Å². The van der Waals surface area contributed by atoms with Crippen molar-refractivity contribution >= 4 is 17.0 Å². The van der Waals surface area contributed by atoms with Gasteiger partial charge in [0.25, 0.3) is 5.56 Å². The minimum Gasteiger partial charge on any atom is -0.412 e. The van der Waals surface area contributed by atoms with Crippen molar-refractivity contribution in [2.75, 3.05) is 7.05 Å². The lowest BCUT2D eigenvalue weighted by atomic mass is 10.0. The molecule has 0 fully saturated rings. The standard InChI is InChI=1S/C22H15F2N3O.H2O/c1-25-13-14-6-11-20(24)19(12-14)21-17-4-2-3-5-18(17)22(28)27(26-21)16-9-7-15(23)8-10-16;/h2-13H,1H3;1H2/b25-13-;. The summed E-state index contributed by atoms with van der Waals surface area (Å²) in [6.07, 6.45) is 1.61. The number of aromatic nitrogens is 2. The number of rotatable bonds is 3. The first-order chi connectivity index (χ1) is 13.6. The predicted octanol–water partition coefficient (Wildman–Crippen LogP) is 3.55. The number of nitrogens with zero attached hydrogens (tertiary/aromatic N) is 3. The first-order valence-electron chi connectivity index (χ1n) is 8.58. The third-order valence-electron chi connectivity index (χ3n) is 4.40. The highest BCUT2D eigenvalue weighted by atomic mass is 19.1. The van der Waals surface area contributed by atoms with Crippen molar-refractivity contribution in [1.29, 1.82) is 0 Å². The van der Waals surface area contributed by atoms with Crippen molar-refractivity contribution in [3.8, 4) is 16.9 Å². The van der Waals surface area contributed by atoms with Gasteiger partial charge in [0.2, 0.25) is 0 Å². The highest BCUT2D eigenvalue weighted by Crippen LogP contribution is 2.28. The Kier molecular flexibility index (Phi) is 5.61. The Bertz CT molecular complexity index is 1270. The van der Waals surface area contributed by atoms with Gasteiger partial charge >= 0.3 is 0 Å². The molecule has 0 amide bonds. The first-order valence-corrected chi connectivity index (χ1v) is 8.58. The number of fused-ring (bicyclic) bond motifs is 1. The summed E-state index contributed by atoms with van der Waals surface area (Å²) in [5.41, 5.74) is 1.32. The molecule has 4 rings (SSSR count). The van der Waals surface area contributed by atoms with E-state index in [1.165, 1.54) is 30.3 Å². The van der Waals surface area contributed by atoms with Gasteiger partial charge in [0.05, 0.1) is 11.1 Å². The van der Waals surface area contributed by atoms with Crippen molar-refractivity contribution in [2.45, 2.75) is 0 Å². The summed E-state index contributed by atoms with van der Waals surface area (Å²) < 4.78 is 29.2. The van der Waals surface area contributed by atoms with Gasteiger partial charge in [-0.05, 0) is 48.0 Å². The molecule has 0 radical (unpaired) electrons. The topological polar surface area (TPSA) is 78.8 Å². The van der Waals surface area contributed by atoms with Crippen LogP contribution in [0.4, 0.5) is 8.78 Å². The molecule has 0 bridgehead atoms. The molecule has 1 aromatic heterocycles. The van der Waals surface area contributed by atoms with Crippen molar-refractivity contribution in [3.63, 3.8) is 0 Å². The van der Waals surface area contributed by atoms with E-state index in [0.717, 1.165) is 4.68 Å². The Labute approximate surface area is 164 Å². The Hall–Kier alpha value is -3.71. The van der Waals surface area contributed by atoms with Crippen LogP contribution in [0.25, 0.3) is 27.7 Å². The molecule has 0 saturated carbocycles.